The van der Waals surface area contributed by atoms with Gasteiger partial charge in [-0.25, -0.2) is 0 Å². The summed E-state index contributed by atoms with van der Waals surface area (Å²) >= 11 is 0. The highest BCUT2D eigenvalue weighted by Gasteiger charge is 2.22. The van der Waals surface area contributed by atoms with Crippen LogP contribution in [0, 0.1) is 5.92 Å². The van der Waals surface area contributed by atoms with E-state index >= 15 is 0 Å². The van der Waals surface area contributed by atoms with Gasteiger partial charge in [0.15, 0.2) is 0 Å². The molecule has 1 heterocycles. The van der Waals surface area contributed by atoms with Crippen molar-refractivity contribution in [3.63, 3.8) is 0 Å². The Hall–Kier alpha value is -0.610. The van der Waals surface area contributed by atoms with Crippen LogP contribution in [-0.4, -0.2) is 62.0 Å². The number of amides is 1. The highest BCUT2D eigenvalue weighted by molar-refractivity contribution is 5.76. The largest absolute Gasteiger partial charge is 0.346 e. The van der Waals surface area contributed by atoms with Crippen LogP contribution in [0.3, 0.4) is 0 Å². The third-order valence-electron chi connectivity index (χ3n) is 4.40. The second-order valence-corrected chi connectivity index (χ2v) is 6.02. The highest BCUT2D eigenvalue weighted by atomic mass is 16.2. The zero-order valence-corrected chi connectivity index (χ0v) is 11.8. The quantitative estimate of drug-likeness (QED) is 0.792. The number of likely N-dealkylation sites (N-methyl/N-ethyl adjacent to an activating group) is 1. The number of piperazine rings is 1. The maximum Gasteiger partial charge on any atom is 0.223 e. The molecule has 1 amide bonds. The van der Waals surface area contributed by atoms with E-state index in [-0.39, 0.29) is 0 Å². The summed E-state index contributed by atoms with van der Waals surface area (Å²) in [7, 11) is 4.08. The first-order valence-electron chi connectivity index (χ1n) is 7.31. The summed E-state index contributed by atoms with van der Waals surface area (Å²) in [6, 6.07) is 0.336. The lowest BCUT2D eigenvalue weighted by Gasteiger charge is -2.32. The van der Waals surface area contributed by atoms with Crippen LogP contribution in [0.5, 0.6) is 0 Å². The number of nitrogens with zero attached hydrogens (tertiary/aromatic N) is 2. The molecule has 0 aromatic heterocycles. The molecule has 0 spiro atoms. The van der Waals surface area contributed by atoms with E-state index in [1.165, 1.54) is 25.7 Å². The molecule has 1 aliphatic heterocycles. The van der Waals surface area contributed by atoms with Gasteiger partial charge in [0.25, 0.3) is 0 Å². The molecule has 0 aromatic carbocycles. The molecule has 1 atom stereocenters. The highest BCUT2D eigenvalue weighted by Crippen LogP contribution is 2.29. The fourth-order valence-electron chi connectivity index (χ4n) is 2.78. The van der Waals surface area contributed by atoms with Crippen molar-refractivity contribution in [3.05, 3.63) is 0 Å². The maximum atomic E-state index is 12.1. The number of carbonyl (C=O) groups excluding carboxylic acids is 1. The molecule has 1 saturated carbocycles. The average molecular weight is 253 g/mol. The summed E-state index contributed by atoms with van der Waals surface area (Å²) < 4.78 is 0. The maximum absolute atomic E-state index is 12.1. The van der Waals surface area contributed by atoms with Crippen molar-refractivity contribution in [2.45, 2.75) is 38.1 Å². The second-order valence-electron chi connectivity index (χ2n) is 6.02. The topological polar surface area (TPSA) is 35.6 Å². The molecule has 2 aliphatic rings. The van der Waals surface area contributed by atoms with Crippen LogP contribution in [0.15, 0.2) is 0 Å². The van der Waals surface area contributed by atoms with Crippen LogP contribution in [0.4, 0.5) is 0 Å². The fraction of sp³-hybridized carbons (Fsp3) is 0.929. The minimum atomic E-state index is 0.294. The summed E-state index contributed by atoms with van der Waals surface area (Å²) in [5.74, 6) is 1.18. The van der Waals surface area contributed by atoms with Gasteiger partial charge in [0.2, 0.25) is 5.91 Å². The molecule has 4 heteroatoms. The fourth-order valence-corrected chi connectivity index (χ4v) is 2.78. The van der Waals surface area contributed by atoms with Gasteiger partial charge in [-0.3, -0.25) is 4.79 Å². The molecule has 18 heavy (non-hydrogen) atoms. The minimum absolute atomic E-state index is 0.294. The van der Waals surface area contributed by atoms with Crippen molar-refractivity contribution in [2.75, 3.05) is 40.3 Å². The van der Waals surface area contributed by atoms with Crippen LogP contribution in [0.1, 0.15) is 32.1 Å². The molecule has 0 bridgehead atoms. The normalized spacial score (nSPS) is 25.8. The number of rotatable bonds is 5. The van der Waals surface area contributed by atoms with Crippen molar-refractivity contribution in [1.29, 1.82) is 0 Å². The van der Waals surface area contributed by atoms with Crippen LogP contribution >= 0.6 is 0 Å². The number of hydrogen-bond donors (Lipinski definition) is 1. The molecule has 2 rings (SSSR count). The van der Waals surface area contributed by atoms with E-state index in [0.717, 1.165) is 32.1 Å². The number of nitrogens with one attached hydrogen (secondary N) is 1. The van der Waals surface area contributed by atoms with Crippen molar-refractivity contribution in [1.82, 2.24) is 15.1 Å². The van der Waals surface area contributed by atoms with Gasteiger partial charge in [0.1, 0.15) is 0 Å². The molecule has 1 saturated heterocycles. The second kappa shape index (κ2) is 6.53. The Bertz CT molecular complexity index is 278. The lowest BCUT2D eigenvalue weighted by atomic mass is 9.83. The van der Waals surface area contributed by atoms with E-state index < -0.39 is 0 Å². The van der Waals surface area contributed by atoms with Gasteiger partial charge in [0.05, 0.1) is 0 Å². The Morgan fingerprint density at radius 3 is 2.83 bits per heavy atom. The Kier molecular flexibility index (Phi) is 5.01. The SMILES string of the molecule is CN1CCNC(CC(=O)N(C)CCC2CCC2)C1. The molecule has 1 aliphatic carbocycles. The monoisotopic (exact) mass is 253 g/mol. The Balaban J connectivity index is 1.65. The van der Waals surface area contributed by atoms with Crippen molar-refractivity contribution < 1.29 is 4.79 Å². The first kappa shape index (κ1) is 13.8. The van der Waals surface area contributed by atoms with Crippen LogP contribution in [0.25, 0.3) is 0 Å². The van der Waals surface area contributed by atoms with Crippen LogP contribution < -0.4 is 5.32 Å². The Morgan fingerprint density at radius 1 is 1.44 bits per heavy atom. The molecule has 104 valence electrons. The van der Waals surface area contributed by atoms with E-state index in [1.807, 2.05) is 11.9 Å². The number of hydrogen-bond acceptors (Lipinski definition) is 3. The predicted octanol–water partition coefficient (Wildman–Crippen LogP) is 0.929. The third kappa shape index (κ3) is 3.95. The van der Waals surface area contributed by atoms with Crippen molar-refractivity contribution >= 4 is 5.91 Å². The van der Waals surface area contributed by atoms with Gasteiger partial charge in [-0.15, -0.1) is 0 Å². The van der Waals surface area contributed by atoms with Crippen molar-refractivity contribution in [3.8, 4) is 0 Å². The molecular weight excluding hydrogens is 226 g/mol. The molecular formula is C14H27N3O. The van der Waals surface area contributed by atoms with Gasteiger partial charge < -0.3 is 15.1 Å². The standard InChI is InChI=1S/C14H27N3O/c1-16-9-7-15-13(11-16)10-14(18)17(2)8-6-12-4-3-5-12/h12-13,15H,3-11H2,1-2H3. The van der Waals surface area contributed by atoms with Gasteiger partial charge >= 0.3 is 0 Å². The average Bonchev–Trinajstić information content (AvgIpc) is 2.26. The summed E-state index contributed by atoms with van der Waals surface area (Å²) in [4.78, 5) is 16.3. The first-order valence-corrected chi connectivity index (χ1v) is 7.31. The van der Waals surface area contributed by atoms with Crippen LogP contribution in [-0.2, 0) is 4.79 Å². The Labute approximate surface area is 111 Å². The molecule has 1 N–H and O–H groups in total. The smallest absolute Gasteiger partial charge is 0.223 e. The van der Waals surface area contributed by atoms with Gasteiger partial charge in [-0.05, 0) is 19.4 Å². The van der Waals surface area contributed by atoms with Gasteiger partial charge in [-0.1, -0.05) is 19.3 Å². The van der Waals surface area contributed by atoms with E-state index in [4.69, 9.17) is 0 Å². The summed E-state index contributed by atoms with van der Waals surface area (Å²) in [5.41, 5.74) is 0. The lowest BCUT2D eigenvalue weighted by Crippen LogP contribution is -2.50. The van der Waals surface area contributed by atoms with E-state index in [1.54, 1.807) is 0 Å². The third-order valence-corrected chi connectivity index (χ3v) is 4.40. The zero-order chi connectivity index (χ0) is 13.0. The summed E-state index contributed by atoms with van der Waals surface area (Å²) in [6.07, 6.45) is 5.97. The number of carbonyl (C=O) groups is 1. The first-order chi connectivity index (χ1) is 8.65. The predicted molar refractivity (Wildman–Crippen MR) is 73.5 cm³/mol. The van der Waals surface area contributed by atoms with Crippen molar-refractivity contribution in [2.24, 2.45) is 5.92 Å². The summed E-state index contributed by atoms with van der Waals surface area (Å²) in [6.45, 7) is 4.01. The van der Waals surface area contributed by atoms with Crippen LogP contribution in [0.2, 0.25) is 0 Å². The van der Waals surface area contributed by atoms with E-state index in [0.29, 0.717) is 18.4 Å². The molecule has 4 nitrogen and oxygen atoms in total. The summed E-state index contributed by atoms with van der Waals surface area (Å²) in [5, 5.41) is 3.43. The minimum Gasteiger partial charge on any atom is -0.346 e. The lowest BCUT2D eigenvalue weighted by molar-refractivity contribution is -0.130. The van der Waals surface area contributed by atoms with Gasteiger partial charge in [-0.2, -0.15) is 0 Å². The van der Waals surface area contributed by atoms with Gasteiger partial charge in [0, 0.05) is 45.7 Å². The van der Waals surface area contributed by atoms with E-state index in [2.05, 4.69) is 17.3 Å². The zero-order valence-electron chi connectivity index (χ0n) is 11.8. The molecule has 2 fully saturated rings. The Morgan fingerprint density at radius 2 is 2.22 bits per heavy atom. The molecule has 0 radical (unpaired) electrons. The molecule has 0 aromatic rings. The molecule has 1 unspecified atom stereocenters. The van der Waals surface area contributed by atoms with E-state index in [9.17, 15) is 4.79 Å².